The fourth-order valence-corrected chi connectivity index (χ4v) is 11.8. The molecule has 0 bridgehead atoms. The van der Waals surface area contributed by atoms with Crippen LogP contribution in [0.1, 0.15) is 65.7 Å². The van der Waals surface area contributed by atoms with Crippen molar-refractivity contribution < 1.29 is 14.3 Å². The molecule has 0 aliphatic heterocycles. The molecule has 0 saturated heterocycles. The Morgan fingerprint density at radius 1 is 1.03 bits per heavy atom. The zero-order valence-corrected chi connectivity index (χ0v) is 23.4. The molecule has 4 atom stereocenters. The minimum absolute atomic E-state index is 0.109. The number of rotatable bonds is 6. The third-order valence-corrected chi connectivity index (χ3v) is 13.9. The van der Waals surface area contributed by atoms with Gasteiger partial charge < -0.3 is 9.53 Å². The van der Waals surface area contributed by atoms with Crippen LogP contribution in [-0.2, 0) is 9.22 Å². The van der Waals surface area contributed by atoms with Gasteiger partial charge in [-0.15, -0.1) is 12.3 Å². The average molecular weight is 514 g/mol. The summed E-state index contributed by atoms with van der Waals surface area (Å²) in [6, 6.07) is 23.1. The first-order chi connectivity index (χ1) is 17.7. The van der Waals surface area contributed by atoms with Crippen LogP contribution < -0.4 is 10.4 Å². The van der Waals surface area contributed by atoms with Crippen molar-refractivity contribution in [2.45, 2.75) is 76.4 Å². The Kier molecular flexibility index (Phi) is 7.82. The molecule has 37 heavy (non-hydrogen) atoms. The molecule has 4 nitrogen and oxygen atoms in total. The highest BCUT2D eigenvalue weighted by atomic mass is 28.4. The van der Waals surface area contributed by atoms with Crippen LogP contribution in [0.3, 0.4) is 0 Å². The number of hydrogen-bond donors (Lipinski definition) is 1. The molecule has 2 aliphatic rings. The van der Waals surface area contributed by atoms with Crippen LogP contribution >= 0.6 is 0 Å². The van der Waals surface area contributed by atoms with Crippen molar-refractivity contribution in [3.8, 4) is 18.4 Å². The fourth-order valence-electron chi connectivity index (χ4n) is 7.17. The van der Waals surface area contributed by atoms with Crippen LogP contribution in [0.15, 0.2) is 60.7 Å². The van der Waals surface area contributed by atoms with Crippen LogP contribution in [0.25, 0.3) is 0 Å². The van der Waals surface area contributed by atoms with Gasteiger partial charge in [0.1, 0.15) is 5.60 Å². The molecule has 0 heterocycles. The Balaban J connectivity index is 1.80. The van der Waals surface area contributed by atoms with Crippen LogP contribution in [0, 0.1) is 40.9 Å². The Morgan fingerprint density at radius 3 is 2.14 bits per heavy atom. The highest BCUT2D eigenvalue weighted by Gasteiger charge is 2.61. The van der Waals surface area contributed by atoms with Crippen molar-refractivity contribution in [2.24, 2.45) is 17.3 Å². The molecular formula is C32H39NO3Si. The van der Waals surface area contributed by atoms with Gasteiger partial charge in [0.05, 0.1) is 17.9 Å². The molecule has 2 saturated carbocycles. The summed E-state index contributed by atoms with van der Waals surface area (Å²) in [7, 11) is -2.80. The number of nitrogens with zero attached hydrogens (tertiary/aromatic N) is 1. The molecule has 5 heteroatoms. The van der Waals surface area contributed by atoms with Crippen LogP contribution in [-0.4, -0.2) is 31.4 Å². The summed E-state index contributed by atoms with van der Waals surface area (Å²) < 4.78 is 7.27. The van der Waals surface area contributed by atoms with Gasteiger partial charge in [0, 0.05) is 12.5 Å². The van der Waals surface area contributed by atoms with E-state index in [2.05, 4.69) is 81.3 Å². The molecule has 2 fully saturated rings. The maximum Gasteiger partial charge on any atom is 0.261 e. The Bertz CT molecular complexity index is 1140. The van der Waals surface area contributed by atoms with Crippen molar-refractivity contribution in [1.82, 2.24) is 0 Å². The Labute approximate surface area is 223 Å². The van der Waals surface area contributed by atoms with Crippen molar-refractivity contribution in [3.05, 3.63) is 60.7 Å². The van der Waals surface area contributed by atoms with E-state index in [0.29, 0.717) is 25.9 Å². The van der Waals surface area contributed by atoms with E-state index in [4.69, 9.17) is 10.8 Å². The minimum Gasteiger partial charge on any atom is -0.407 e. The minimum atomic E-state index is -2.80. The predicted molar refractivity (Wildman–Crippen MR) is 150 cm³/mol. The van der Waals surface area contributed by atoms with E-state index in [9.17, 15) is 15.2 Å². The molecule has 0 amide bonds. The van der Waals surface area contributed by atoms with Crippen LogP contribution in [0.2, 0.25) is 5.04 Å². The van der Waals surface area contributed by atoms with Crippen LogP contribution in [0.4, 0.5) is 0 Å². The third kappa shape index (κ3) is 4.59. The highest BCUT2D eigenvalue weighted by molar-refractivity contribution is 6.99. The monoisotopic (exact) mass is 513 g/mol. The number of benzene rings is 2. The topological polar surface area (TPSA) is 70.3 Å². The quantitative estimate of drug-likeness (QED) is 0.436. The lowest BCUT2D eigenvalue weighted by Crippen LogP contribution is -2.68. The summed E-state index contributed by atoms with van der Waals surface area (Å²) in [5, 5.41) is 23.0. The molecule has 2 aromatic carbocycles. The zero-order valence-electron chi connectivity index (χ0n) is 22.4. The number of Topliss-reactive ketones (excluding diaryl/α,β-unsaturated/α-hetero) is 1. The standard InChI is InChI=1S/C32H39NO3Si/c1-5-25-14-12-15-26(32(25)21-13-20-31(35,22-23-33)29(32)34)24-36-37(30(2,3)4,27-16-8-6-9-17-27)28-18-10-7-11-19-28/h1,6-11,16-19,25-26,35H,12-15,20-22,24H2,2-4H3/t25-,26-,31+,32+/m1/s1. The van der Waals surface area contributed by atoms with E-state index in [1.165, 1.54) is 10.4 Å². The lowest BCUT2D eigenvalue weighted by atomic mass is 9.51. The molecule has 0 unspecified atom stereocenters. The number of ketones is 1. The van der Waals surface area contributed by atoms with Gasteiger partial charge in [0.2, 0.25) is 0 Å². The van der Waals surface area contributed by atoms with E-state index < -0.39 is 19.3 Å². The second kappa shape index (κ2) is 10.6. The smallest absolute Gasteiger partial charge is 0.261 e. The van der Waals surface area contributed by atoms with Gasteiger partial charge in [-0.05, 0) is 53.4 Å². The Morgan fingerprint density at radius 2 is 1.62 bits per heavy atom. The molecule has 4 rings (SSSR count). The van der Waals surface area contributed by atoms with E-state index in [1.54, 1.807) is 0 Å². The maximum atomic E-state index is 14.1. The predicted octanol–water partition coefficient (Wildman–Crippen LogP) is 5.00. The van der Waals surface area contributed by atoms with E-state index in [-0.39, 0.29) is 29.1 Å². The zero-order chi connectivity index (χ0) is 26.7. The highest BCUT2D eigenvalue weighted by Crippen LogP contribution is 2.55. The van der Waals surface area contributed by atoms with Crippen LogP contribution in [0.5, 0.6) is 0 Å². The maximum absolute atomic E-state index is 14.1. The summed E-state index contributed by atoms with van der Waals surface area (Å²) in [6.45, 7) is 7.15. The van der Waals surface area contributed by atoms with Crippen molar-refractivity contribution in [1.29, 1.82) is 5.26 Å². The number of carbonyl (C=O) groups is 1. The molecular weight excluding hydrogens is 474 g/mol. The number of aliphatic hydroxyl groups is 1. The normalized spacial score (nSPS) is 28.4. The van der Waals surface area contributed by atoms with Gasteiger partial charge in [0.25, 0.3) is 8.32 Å². The van der Waals surface area contributed by atoms with Gasteiger partial charge in [-0.25, -0.2) is 0 Å². The molecule has 2 aliphatic carbocycles. The Hall–Kier alpha value is -2.70. The summed E-state index contributed by atoms with van der Waals surface area (Å²) >= 11 is 0. The summed E-state index contributed by atoms with van der Waals surface area (Å²) in [5.41, 5.74) is -2.49. The van der Waals surface area contributed by atoms with Gasteiger partial charge >= 0.3 is 0 Å². The van der Waals surface area contributed by atoms with Crippen molar-refractivity contribution in [2.75, 3.05) is 6.61 Å². The lowest BCUT2D eigenvalue weighted by molar-refractivity contribution is -0.166. The first-order valence-electron chi connectivity index (χ1n) is 13.5. The van der Waals surface area contributed by atoms with E-state index in [0.717, 1.165) is 19.3 Å². The van der Waals surface area contributed by atoms with Gasteiger partial charge in [-0.1, -0.05) is 87.9 Å². The first kappa shape index (κ1) is 27.3. The average Bonchev–Trinajstić information content (AvgIpc) is 2.89. The molecule has 2 aromatic rings. The largest absolute Gasteiger partial charge is 0.407 e. The van der Waals surface area contributed by atoms with E-state index >= 15 is 0 Å². The van der Waals surface area contributed by atoms with Gasteiger partial charge in [-0.2, -0.15) is 5.26 Å². The lowest BCUT2D eigenvalue weighted by Gasteiger charge is -2.53. The van der Waals surface area contributed by atoms with Gasteiger partial charge in [0.15, 0.2) is 5.78 Å². The number of carbonyl (C=O) groups excluding carboxylic acids is 1. The number of terminal acetylenes is 1. The summed E-state index contributed by atoms with van der Waals surface area (Å²) in [5.74, 6) is 2.34. The molecule has 0 aromatic heterocycles. The van der Waals surface area contributed by atoms with E-state index in [1.807, 2.05) is 12.1 Å². The number of hydrogen-bond acceptors (Lipinski definition) is 4. The second-order valence-corrected chi connectivity index (χ2v) is 16.2. The second-order valence-electron chi connectivity index (χ2n) is 11.9. The number of nitriles is 1. The summed E-state index contributed by atoms with van der Waals surface area (Å²) in [4.78, 5) is 14.1. The fraction of sp³-hybridized carbons (Fsp3) is 0.500. The third-order valence-electron chi connectivity index (χ3n) is 8.91. The first-order valence-corrected chi connectivity index (χ1v) is 15.4. The molecule has 0 radical (unpaired) electrons. The van der Waals surface area contributed by atoms with Crippen molar-refractivity contribution >= 4 is 24.5 Å². The molecule has 194 valence electrons. The molecule has 1 spiro atoms. The van der Waals surface area contributed by atoms with Gasteiger partial charge in [-0.3, -0.25) is 4.79 Å². The molecule has 1 N–H and O–H groups in total. The van der Waals surface area contributed by atoms with Crippen molar-refractivity contribution in [3.63, 3.8) is 0 Å². The SMILES string of the molecule is C#C[C@@H]1CCC[C@H](CO[Si](c2ccccc2)(c2ccccc2)C(C)(C)C)[C@]12CCC[C@](O)(CC#N)C2=O. The summed E-state index contributed by atoms with van der Waals surface area (Å²) in [6.07, 6.45) is 10.0.